The Bertz CT molecular complexity index is 569. The number of aliphatic imine (C=N–C) groups is 1. The largest absolute Gasteiger partial charge is 0.497 e. The number of hydrogen-bond acceptors (Lipinski definition) is 4. The van der Waals surface area contributed by atoms with E-state index in [1.807, 2.05) is 18.2 Å². The maximum atomic E-state index is 5.81. The maximum Gasteiger partial charge on any atom is 0.191 e. The van der Waals surface area contributed by atoms with Crippen LogP contribution in [0.2, 0.25) is 0 Å². The van der Waals surface area contributed by atoms with Crippen LogP contribution in [0, 0.1) is 0 Å². The second-order valence-electron chi connectivity index (χ2n) is 6.45. The Morgan fingerprint density at radius 2 is 2.12 bits per heavy atom. The summed E-state index contributed by atoms with van der Waals surface area (Å²) in [5, 5.41) is 6.67. The number of hydrogen-bond donors (Lipinski definition) is 2. The van der Waals surface area contributed by atoms with E-state index in [4.69, 9.17) is 14.2 Å². The van der Waals surface area contributed by atoms with E-state index in [2.05, 4.69) is 29.5 Å². The Kier molecular flexibility index (Phi) is 7.37. The Balaban J connectivity index is 1.92. The van der Waals surface area contributed by atoms with E-state index in [-0.39, 0.29) is 5.60 Å². The van der Waals surface area contributed by atoms with Gasteiger partial charge in [0, 0.05) is 19.7 Å². The van der Waals surface area contributed by atoms with Crippen LogP contribution in [0.15, 0.2) is 23.2 Å². The van der Waals surface area contributed by atoms with Gasteiger partial charge in [-0.1, -0.05) is 0 Å². The zero-order chi connectivity index (χ0) is 18.1. The fraction of sp³-hybridized carbons (Fsp3) is 0.632. The number of benzene rings is 1. The van der Waals surface area contributed by atoms with E-state index < -0.39 is 0 Å². The molecule has 0 amide bonds. The molecule has 6 heteroatoms. The van der Waals surface area contributed by atoms with Gasteiger partial charge in [-0.15, -0.1) is 0 Å². The highest BCUT2D eigenvalue weighted by atomic mass is 16.5. The van der Waals surface area contributed by atoms with Gasteiger partial charge in [0.15, 0.2) is 5.96 Å². The molecule has 140 valence electrons. The van der Waals surface area contributed by atoms with E-state index >= 15 is 0 Å². The van der Waals surface area contributed by atoms with Crippen LogP contribution in [0.4, 0.5) is 0 Å². The summed E-state index contributed by atoms with van der Waals surface area (Å²) in [6, 6.07) is 5.85. The van der Waals surface area contributed by atoms with Crippen LogP contribution >= 0.6 is 0 Å². The topological polar surface area (TPSA) is 64.1 Å². The van der Waals surface area contributed by atoms with Crippen LogP contribution in [-0.4, -0.2) is 52.0 Å². The van der Waals surface area contributed by atoms with Gasteiger partial charge in [0.1, 0.15) is 11.5 Å². The zero-order valence-corrected chi connectivity index (χ0v) is 15.9. The first-order valence-corrected chi connectivity index (χ1v) is 8.97. The number of nitrogens with one attached hydrogen (secondary N) is 2. The highest BCUT2D eigenvalue weighted by Crippen LogP contribution is 2.25. The van der Waals surface area contributed by atoms with E-state index in [1.54, 1.807) is 14.2 Å². The summed E-state index contributed by atoms with van der Waals surface area (Å²) in [5.41, 5.74) is 0.981. The molecule has 1 unspecified atom stereocenters. The van der Waals surface area contributed by atoms with E-state index in [9.17, 15) is 0 Å². The van der Waals surface area contributed by atoms with Crippen LogP contribution in [-0.2, 0) is 11.2 Å². The van der Waals surface area contributed by atoms with Gasteiger partial charge in [-0.25, -0.2) is 0 Å². The number of methoxy groups -OCH3 is 2. The van der Waals surface area contributed by atoms with Gasteiger partial charge in [0.05, 0.1) is 26.4 Å². The molecule has 0 saturated carbocycles. The van der Waals surface area contributed by atoms with Crippen molar-refractivity contribution in [3.8, 4) is 11.5 Å². The SMILES string of the molecule is CCNC(=NCC1(C)CCCO1)NCCc1cc(OC)ccc1OC. The lowest BCUT2D eigenvalue weighted by atomic mass is 10.0. The van der Waals surface area contributed by atoms with Crippen molar-refractivity contribution in [2.24, 2.45) is 4.99 Å². The smallest absolute Gasteiger partial charge is 0.191 e. The Morgan fingerprint density at radius 3 is 2.76 bits per heavy atom. The van der Waals surface area contributed by atoms with E-state index in [1.165, 1.54) is 0 Å². The van der Waals surface area contributed by atoms with Crippen LogP contribution in [0.25, 0.3) is 0 Å². The first-order valence-electron chi connectivity index (χ1n) is 8.97. The van der Waals surface area contributed by atoms with Crippen molar-refractivity contribution < 1.29 is 14.2 Å². The molecule has 2 rings (SSSR count). The van der Waals surface area contributed by atoms with Crippen molar-refractivity contribution in [3.05, 3.63) is 23.8 Å². The Morgan fingerprint density at radius 1 is 1.28 bits per heavy atom. The molecule has 1 aliphatic rings. The Hall–Kier alpha value is -1.95. The van der Waals surface area contributed by atoms with Crippen molar-refractivity contribution in [1.29, 1.82) is 0 Å². The standard InChI is InChI=1S/C19H31N3O3/c1-5-20-18(22-14-19(2)10-6-12-25-19)21-11-9-15-13-16(23-3)7-8-17(15)24-4/h7-8,13H,5-6,9-12,14H2,1-4H3,(H2,20,21,22). The lowest BCUT2D eigenvalue weighted by Crippen LogP contribution is -2.40. The lowest BCUT2D eigenvalue weighted by molar-refractivity contribution is 0.0283. The van der Waals surface area contributed by atoms with E-state index in [0.29, 0.717) is 6.54 Å². The van der Waals surface area contributed by atoms with Crippen molar-refractivity contribution in [3.63, 3.8) is 0 Å². The molecule has 1 fully saturated rings. The highest BCUT2D eigenvalue weighted by Gasteiger charge is 2.29. The zero-order valence-electron chi connectivity index (χ0n) is 15.9. The minimum Gasteiger partial charge on any atom is -0.497 e. The van der Waals surface area contributed by atoms with Crippen LogP contribution in [0.5, 0.6) is 11.5 Å². The summed E-state index contributed by atoms with van der Waals surface area (Å²) in [7, 11) is 3.36. The predicted molar refractivity (Wildman–Crippen MR) is 101 cm³/mol. The number of nitrogens with zero attached hydrogens (tertiary/aromatic N) is 1. The summed E-state index contributed by atoms with van der Waals surface area (Å²) in [4.78, 5) is 4.69. The molecule has 0 aromatic heterocycles. The van der Waals surface area contributed by atoms with Gasteiger partial charge in [0.25, 0.3) is 0 Å². The van der Waals surface area contributed by atoms with E-state index in [0.717, 1.165) is 62.0 Å². The normalized spacial score (nSPS) is 20.4. The summed E-state index contributed by atoms with van der Waals surface area (Å²) in [6.45, 7) is 7.29. The van der Waals surface area contributed by atoms with Crippen molar-refractivity contribution in [1.82, 2.24) is 10.6 Å². The maximum absolute atomic E-state index is 5.81. The minimum absolute atomic E-state index is 0.127. The third-order valence-electron chi connectivity index (χ3n) is 4.39. The molecule has 2 N–H and O–H groups in total. The molecular weight excluding hydrogens is 318 g/mol. The van der Waals surface area contributed by atoms with Crippen molar-refractivity contribution >= 4 is 5.96 Å². The van der Waals surface area contributed by atoms with Crippen molar-refractivity contribution in [2.75, 3.05) is 40.5 Å². The number of rotatable bonds is 8. The highest BCUT2D eigenvalue weighted by molar-refractivity contribution is 5.79. The third kappa shape index (κ3) is 5.81. The van der Waals surface area contributed by atoms with Crippen LogP contribution < -0.4 is 20.1 Å². The molecule has 25 heavy (non-hydrogen) atoms. The molecule has 1 atom stereocenters. The summed E-state index contributed by atoms with van der Waals surface area (Å²) < 4.78 is 16.5. The first kappa shape index (κ1) is 19.4. The van der Waals surface area contributed by atoms with Gasteiger partial charge < -0.3 is 24.8 Å². The lowest BCUT2D eigenvalue weighted by Gasteiger charge is -2.21. The predicted octanol–water partition coefficient (Wildman–Crippen LogP) is 2.37. The fourth-order valence-corrected chi connectivity index (χ4v) is 2.94. The molecule has 6 nitrogen and oxygen atoms in total. The van der Waals surface area contributed by atoms with Crippen LogP contribution in [0.1, 0.15) is 32.3 Å². The molecule has 0 radical (unpaired) electrons. The fourth-order valence-electron chi connectivity index (χ4n) is 2.94. The third-order valence-corrected chi connectivity index (χ3v) is 4.39. The second kappa shape index (κ2) is 9.51. The summed E-state index contributed by atoms with van der Waals surface area (Å²) in [6.07, 6.45) is 3.00. The van der Waals surface area contributed by atoms with Gasteiger partial charge >= 0.3 is 0 Å². The van der Waals surface area contributed by atoms with Gasteiger partial charge in [-0.05, 0) is 56.9 Å². The monoisotopic (exact) mass is 349 g/mol. The molecule has 1 aromatic carbocycles. The second-order valence-corrected chi connectivity index (χ2v) is 6.45. The van der Waals surface area contributed by atoms with Crippen LogP contribution in [0.3, 0.4) is 0 Å². The molecule has 1 aromatic rings. The molecule has 0 spiro atoms. The van der Waals surface area contributed by atoms with Gasteiger partial charge in [-0.2, -0.15) is 0 Å². The molecule has 1 saturated heterocycles. The van der Waals surface area contributed by atoms with Crippen molar-refractivity contribution in [2.45, 2.75) is 38.7 Å². The molecule has 1 aliphatic heterocycles. The quantitative estimate of drug-likeness (QED) is 0.557. The average molecular weight is 349 g/mol. The van der Waals surface area contributed by atoms with Gasteiger partial charge in [-0.3, -0.25) is 4.99 Å². The molecule has 0 bridgehead atoms. The number of guanidine groups is 1. The summed E-state index contributed by atoms with van der Waals surface area (Å²) in [5.74, 6) is 2.53. The first-order chi connectivity index (χ1) is 12.1. The summed E-state index contributed by atoms with van der Waals surface area (Å²) >= 11 is 0. The molecule has 0 aliphatic carbocycles. The molecular formula is C19H31N3O3. The average Bonchev–Trinajstić information content (AvgIpc) is 3.06. The molecule has 1 heterocycles. The minimum atomic E-state index is -0.127. The van der Waals surface area contributed by atoms with Gasteiger partial charge in [0.2, 0.25) is 0 Å². The Labute approximate surface area is 151 Å². The number of ether oxygens (including phenoxy) is 3.